The highest BCUT2D eigenvalue weighted by atomic mass is 35.5. The monoisotopic (exact) mass is 347 g/mol. The quantitative estimate of drug-likeness (QED) is 0.822. The van der Waals surface area contributed by atoms with Gasteiger partial charge in [0.05, 0.1) is 6.61 Å². The Morgan fingerprint density at radius 1 is 1.04 bits per heavy atom. The van der Waals surface area contributed by atoms with E-state index in [0.29, 0.717) is 18.9 Å². The third kappa shape index (κ3) is 5.17. The average molecular weight is 348 g/mol. The maximum Gasteiger partial charge on any atom is 0.258 e. The molecule has 0 bridgehead atoms. The fourth-order valence-electron chi connectivity index (χ4n) is 2.26. The average Bonchev–Trinajstić information content (AvgIpc) is 2.57. The van der Waals surface area contributed by atoms with Crippen LogP contribution in [0.15, 0.2) is 36.4 Å². The number of benzene rings is 2. The number of aryl methyl sites for hydroxylation is 2. The van der Waals surface area contributed by atoms with Gasteiger partial charge in [0, 0.05) is 11.6 Å². The van der Waals surface area contributed by atoms with Gasteiger partial charge in [-0.3, -0.25) is 4.79 Å². The van der Waals surface area contributed by atoms with E-state index in [2.05, 4.69) is 5.32 Å². The maximum atomic E-state index is 11.9. The van der Waals surface area contributed by atoms with Crippen molar-refractivity contribution in [3.63, 3.8) is 0 Å². The summed E-state index contributed by atoms with van der Waals surface area (Å²) < 4.78 is 10.9. The van der Waals surface area contributed by atoms with Gasteiger partial charge in [0.1, 0.15) is 11.5 Å². The molecule has 4 nitrogen and oxygen atoms in total. The van der Waals surface area contributed by atoms with E-state index in [1.807, 2.05) is 57.2 Å². The van der Waals surface area contributed by atoms with Crippen LogP contribution in [0.2, 0.25) is 5.02 Å². The van der Waals surface area contributed by atoms with Crippen molar-refractivity contribution in [2.75, 3.05) is 13.2 Å². The number of carbonyl (C=O) groups excluding carboxylic acids is 1. The Hall–Kier alpha value is -2.20. The van der Waals surface area contributed by atoms with Gasteiger partial charge < -0.3 is 14.8 Å². The predicted octanol–water partition coefficient (Wildman–Crippen LogP) is 4.05. The molecule has 1 N–H and O–H groups in total. The van der Waals surface area contributed by atoms with Gasteiger partial charge in [0.25, 0.3) is 5.91 Å². The van der Waals surface area contributed by atoms with E-state index in [9.17, 15) is 4.79 Å². The van der Waals surface area contributed by atoms with Gasteiger partial charge in [-0.15, -0.1) is 0 Å². The van der Waals surface area contributed by atoms with Gasteiger partial charge in [-0.05, 0) is 61.7 Å². The molecule has 0 saturated heterocycles. The van der Waals surface area contributed by atoms with Crippen molar-refractivity contribution >= 4 is 17.5 Å². The minimum Gasteiger partial charge on any atom is -0.494 e. The minimum absolute atomic E-state index is 0.0302. The number of amides is 1. The zero-order valence-corrected chi connectivity index (χ0v) is 14.9. The van der Waals surface area contributed by atoms with Crippen LogP contribution in [0.5, 0.6) is 11.5 Å². The topological polar surface area (TPSA) is 47.6 Å². The highest BCUT2D eigenvalue weighted by Gasteiger charge is 2.06. The van der Waals surface area contributed by atoms with Crippen molar-refractivity contribution in [1.82, 2.24) is 5.32 Å². The molecule has 0 aliphatic rings. The molecule has 5 heteroatoms. The van der Waals surface area contributed by atoms with Crippen LogP contribution < -0.4 is 14.8 Å². The third-order valence-electron chi connectivity index (χ3n) is 3.50. The van der Waals surface area contributed by atoms with Crippen LogP contribution in [0.3, 0.4) is 0 Å². The molecular weight excluding hydrogens is 326 g/mol. The Labute approximate surface area is 147 Å². The predicted molar refractivity (Wildman–Crippen MR) is 95.9 cm³/mol. The Morgan fingerprint density at radius 2 is 1.67 bits per heavy atom. The summed E-state index contributed by atoms with van der Waals surface area (Å²) in [6, 6.07) is 11.3. The molecule has 0 aliphatic heterocycles. The van der Waals surface area contributed by atoms with Crippen LogP contribution in [0.25, 0.3) is 0 Å². The smallest absolute Gasteiger partial charge is 0.258 e. The molecule has 1 amide bonds. The van der Waals surface area contributed by atoms with E-state index < -0.39 is 0 Å². The lowest BCUT2D eigenvalue weighted by atomic mass is 10.1. The molecule has 24 heavy (non-hydrogen) atoms. The molecule has 0 unspecified atom stereocenters. The van der Waals surface area contributed by atoms with E-state index >= 15 is 0 Å². The third-order valence-corrected chi connectivity index (χ3v) is 4.10. The summed E-state index contributed by atoms with van der Waals surface area (Å²) >= 11 is 6.12. The van der Waals surface area contributed by atoms with Crippen LogP contribution in [0.1, 0.15) is 23.6 Å². The summed E-state index contributed by atoms with van der Waals surface area (Å²) in [5.74, 6) is 1.30. The zero-order valence-electron chi connectivity index (χ0n) is 14.2. The van der Waals surface area contributed by atoms with Crippen molar-refractivity contribution in [3.8, 4) is 11.5 Å². The number of hydrogen-bond acceptors (Lipinski definition) is 3. The van der Waals surface area contributed by atoms with Gasteiger partial charge in [-0.2, -0.15) is 0 Å². The largest absolute Gasteiger partial charge is 0.494 e. The van der Waals surface area contributed by atoms with Crippen LogP contribution >= 0.6 is 11.6 Å². The molecule has 0 radical (unpaired) electrons. The first-order valence-electron chi connectivity index (χ1n) is 7.87. The molecule has 0 saturated carbocycles. The highest BCUT2D eigenvalue weighted by molar-refractivity contribution is 6.32. The number of ether oxygens (including phenoxy) is 2. The molecule has 2 aromatic carbocycles. The molecule has 0 spiro atoms. The molecule has 0 heterocycles. The molecule has 2 rings (SSSR count). The normalized spacial score (nSPS) is 10.3. The highest BCUT2D eigenvalue weighted by Crippen LogP contribution is 2.25. The summed E-state index contributed by atoms with van der Waals surface area (Å²) in [4.78, 5) is 11.9. The lowest BCUT2D eigenvalue weighted by molar-refractivity contribution is -0.123. The SMILES string of the molecule is CCOc1ccc(CNC(=O)COc2cc(C)c(Cl)c(C)c2)cc1. The van der Waals surface area contributed by atoms with Crippen molar-refractivity contribution in [2.45, 2.75) is 27.3 Å². The fraction of sp³-hybridized carbons (Fsp3) is 0.316. The molecule has 2 aromatic rings. The van der Waals surface area contributed by atoms with Gasteiger partial charge in [-0.1, -0.05) is 23.7 Å². The van der Waals surface area contributed by atoms with E-state index in [1.54, 1.807) is 0 Å². The van der Waals surface area contributed by atoms with Crippen LogP contribution in [-0.2, 0) is 11.3 Å². The van der Waals surface area contributed by atoms with Crippen molar-refractivity contribution in [1.29, 1.82) is 0 Å². The Balaban J connectivity index is 1.81. The molecule has 128 valence electrons. The molecular formula is C19H22ClNO3. The van der Waals surface area contributed by atoms with Gasteiger partial charge in [0.2, 0.25) is 0 Å². The molecule has 0 atom stereocenters. The first-order valence-corrected chi connectivity index (χ1v) is 8.25. The number of nitrogens with one attached hydrogen (secondary N) is 1. The fourth-order valence-corrected chi connectivity index (χ4v) is 2.37. The first-order chi connectivity index (χ1) is 11.5. The van der Waals surface area contributed by atoms with Gasteiger partial charge >= 0.3 is 0 Å². The number of halogens is 1. The van der Waals surface area contributed by atoms with Crippen molar-refractivity contribution < 1.29 is 14.3 Å². The Morgan fingerprint density at radius 3 is 2.25 bits per heavy atom. The van der Waals surface area contributed by atoms with E-state index in [1.165, 1.54) is 0 Å². The lowest BCUT2D eigenvalue weighted by Gasteiger charge is -2.10. The molecule has 0 aromatic heterocycles. The van der Waals surface area contributed by atoms with Gasteiger partial charge in [0.15, 0.2) is 6.61 Å². The lowest BCUT2D eigenvalue weighted by Crippen LogP contribution is -2.28. The molecule has 0 fully saturated rings. The molecule has 0 aliphatic carbocycles. The summed E-state index contributed by atoms with van der Waals surface area (Å²) in [7, 11) is 0. The Bertz CT molecular complexity index is 675. The van der Waals surface area contributed by atoms with Crippen LogP contribution in [0.4, 0.5) is 0 Å². The summed E-state index contributed by atoms with van der Waals surface area (Å²) in [6.07, 6.45) is 0. The standard InChI is InChI=1S/C19H22ClNO3/c1-4-23-16-7-5-15(6-8-16)11-21-18(22)12-24-17-9-13(2)19(20)14(3)10-17/h5-10H,4,11-12H2,1-3H3,(H,21,22). The van der Waals surface area contributed by atoms with Crippen LogP contribution in [0, 0.1) is 13.8 Å². The van der Waals surface area contributed by atoms with Crippen LogP contribution in [-0.4, -0.2) is 19.1 Å². The summed E-state index contributed by atoms with van der Waals surface area (Å²) in [6.45, 7) is 6.82. The second-order valence-electron chi connectivity index (χ2n) is 5.51. The second-order valence-corrected chi connectivity index (χ2v) is 5.89. The maximum absolute atomic E-state index is 11.9. The van der Waals surface area contributed by atoms with E-state index in [-0.39, 0.29) is 12.5 Å². The van der Waals surface area contributed by atoms with E-state index in [4.69, 9.17) is 21.1 Å². The second kappa shape index (κ2) is 8.60. The summed E-state index contributed by atoms with van der Waals surface area (Å²) in [5, 5.41) is 3.55. The number of hydrogen-bond donors (Lipinski definition) is 1. The zero-order chi connectivity index (χ0) is 17.5. The van der Waals surface area contributed by atoms with Gasteiger partial charge in [-0.25, -0.2) is 0 Å². The number of carbonyl (C=O) groups is 1. The van der Waals surface area contributed by atoms with E-state index in [0.717, 1.165) is 27.5 Å². The minimum atomic E-state index is -0.172. The van der Waals surface area contributed by atoms with Crippen molar-refractivity contribution in [2.24, 2.45) is 0 Å². The number of rotatable bonds is 7. The van der Waals surface area contributed by atoms with Crippen molar-refractivity contribution in [3.05, 3.63) is 58.1 Å². The first kappa shape index (κ1) is 18.1. The summed E-state index contributed by atoms with van der Waals surface area (Å²) in [5.41, 5.74) is 2.87. The Kier molecular flexibility index (Phi) is 6.50.